The maximum absolute atomic E-state index is 11.9. The van der Waals surface area contributed by atoms with Gasteiger partial charge in [0.25, 0.3) is 0 Å². The molecular formula is C21H28NO2P. The van der Waals surface area contributed by atoms with Crippen LogP contribution in [0.1, 0.15) is 18.4 Å². The molecule has 3 rings (SSSR count). The Morgan fingerprint density at radius 1 is 0.960 bits per heavy atom. The molecule has 1 heterocycles. The van der Waals surface area contributed by atoms with Crippen molar-refractivity contribution in [2.24, 2.45) is 0 Å². The van der Waals surface area contributed by atoms with Crippen LogP contribution in [0.4, 0.5) is 0 Å². The molecule has 1 aliphatic heterocycles. The third kappa shape index (κ3) is 4.82. The lowest BCUT2D eigenvalue weighted by atomic mass is 9.84. The summed E-state index contributed by atoms with van der Waals surface area (Å²) in [5.41, 5.74) is 2.63. The normalized spacial score (nSPS) is 18.2. The molecule has 4 heteroatoms. The summed E-state index contributed by atoms with van der Waals surface area (Å²) < 4.78 is 11.9. The molecule has 0 spiro atoms. The number of aliphatic hydroxyl groups is 1. The van der Waals surface area contributed by atoms with Crippen molar-refractivity contribution in [3.05, 3.63) is 60.2 Å². The van der Waals surface area contributed by atoms with E-state index in [4.69, 9.17) is 0 Å². The van der Waals surface area contributed by atoms with Crippen LogP contribution in [0.2, 0.25) is 0 Å². The Labute approximate surface area is 151 Å². The number of rotatable bonds is 5. The van der Waals surface area contributed by atoms with Gasteiger partial charge in [-0.1, -0.05) is 54.6 Å². The highest BCUT2D eigenvalue weighted by Gasteiger charge is 2.34. The van der Waals surface area contributed by atoms with Crippen LogP contribution in [0.5, 0.6) is 0 Å². The van der Waals surface area contributed by atoms with Crippen LogP contribution in [0, 0.1) is 0 Å². The van der Waals surface area contributed by atoms with Crippen molar-refractivity contribution < 1.29 is 9.67 Å². The first kappa shape index (κ1) is 18.4. The molecule has 0 bridgehead atoms. The fourth-order valence-corrected chi connectivity index (χ4v) is 4.19. The maximum Gasteiger partial charge on any atom is 0.0920 e. The number of hydrogen-bond donors (Lipinski definition) is 1. The van der Waals surface area contributed by atoms with Gasteiger partial charge in [-0.3, -0.25) is 0 Å². The zero-order chi connectivity index (χ0) is 17.9. The van der Waals surface area contributed by atoms with Crippen molar-refractivity contribution in [2.75, 3.05) is 39.1 Å². The minimum atomic E-state index is -1.96. The van der Waals surface area contributed by atoms with Crippen LogP contribution < -0.4 is 0 Å². The number of hydrogen-bond acceptors (Lipinski definition) is 3. The number of likely N-dealkylation sites (tertiary alicyclic amines) is 1. The highest BCUT2D eigenvalue weighted by atomic mass is 31.2. The van der Waals surface area contributed by atoms with Gasteiger partial charge in [-0.05, 0) is 42.9 Å². The molecule has 0 aliphatic carbocycles. The molecule has 1 N–H and O–H groups in total. The number of nitrogens with zero attached hydrogens (tertiary/aromatic N) is 1. The van der Waals surface area contributed by atoms with Crippen LogP contribution in [-0.2, 0) is 10.2 Å². The van der Waals surface area contributed by atoms with Gasteiger partial charge in [-0.25, -0.2) is 0 Å². The molecule has 1 aliphatic rings. The summed E-state index contributed by atoms with van der Waals surface area (Å²) in [4.78, 5) is 2.33. The SMILES string of the molecule is CP(C)(=O)CCN1CCC(O)(c2ccc(-c3ccccc3)cc2)CC1. The van der Waals surface area contributed by atoms with E-state index in [1.54, 1.807) is 0 Å². The summed E-state index contributed by atoms with van der Waals surface area (Å²) in [5, 5.41) is 11.1. The Kier molecular flexibility index (Phi) is 5.48. The van der Waals surface area contributed by atoms with Gasteiger partial charge >= 0.3 is 0 Å². The third-order valence-corrected chi connectivity index (χ3v) is 6.44. The van der Waals surface area contributed by atoms with Gasteiger partial charge in [0.15, 0.2) is 0 Å². The quantitative estimate of drug-likeness (QED) is 0.813. The fourth-order valence-electron chi connectivity index (χ4n) is 3.42. The van der Waals surface area contributed by atoms with Crippen molar-refractivity contribution in [2.45, 2.75) is 18.4 Å². The van der Waals surface area contributed by atoms with Gasteiger partial charge in [0.2, 0.25) is 0 Å². The Balaban J connectivity index is 1.63. The molecule has 0 amide bonds. The molecule has 0 aromatic heterocycles. The minimum absolute atomic E-state index is 0.732. The van der Waals surface area contributed by atoms with Crippen LogP contribution >= 0.6 is 7.14 Å². The average Bonchev–Trinajstić information content (AvgIpc) is 2.61. The molecule has 1 saturated heterocycles. The lowest BCUT2D eigenvalue weighted by Crippen LogP contribution is -2.43. The molecule has 3 nitrogen and oxygen atoms in total. The van der Waals surface area contributed by atoms with E-state index >= 15 is 0 Å². The molecule has 0 radical (unpaired) electrons. The second-order valence-electron chi connectivity index (χ2n) is 7.61. The van der Waals surface area contributed by atoms with Crippen molar-refractivity contribution in [1.82, 2.24) is 4.90 Å². The highest BCUT2D eigenvalue weighted by molar-refractivity contribution is 7.62. The first-order valence-electron chi connectivity index (χ1n) is 9.00. The van der Waals surface area contributed by atoms with Gasteiger partial charge in [0.1, 0.15) is 0 Å². The first-order chi connectivity index (χ1) is 11.9. The summed E-state index contributed by atoms with van der Waals surface area (Å²) in [6.07, 6.45) is 2.22. The van der Waals surface area contributed by atoms with E-state index in [1.165, 1.54) is 11.1 Å². The Bertz CT molecular complexity index is 728. The van der Waals surface area contributed by atoms with Crippen molar-refractivity contribution in [3.8, 4) is 11.1 Å². The molecule has 25 heavy (non-hydrogen) atoms. The lowest BCUT2D eigenvalue weighted by molar-refractivity contribution is -0.0245. The fraction of sp³-hybridized carbons (Fsp3) is 0.429. The highest BCUT2D eigenvalue weighted by Crippen LogP contribution is 2.37. The van der Waals surface area contributed by atoms with Crippen molar-refractivity contribution >= 4 is 7.14 Å². The summed E-state index contributed by atoms with van der Waals surface area (Å²) in [6, 6.07) is 18.6. The van der Waals surface area contributed by atoms with Crippen molar-refractivity contribution in [3.63, 3.8) is 0 Å². The maximum atomic E-state index is 11.9. The minimum Gasteiger partial charge on any atom is -0.385 e. The predicted octanol–water partition coefficient (Wildman–Crippen LogP) is 4.26. The largest absolute Gasteiger partial charge is 0.385 e. The zero-order valence-corrected chi connectivity index (χ0v) is 16.1. The van der Waals surface area contributed by atoms with Crippen LogP contribution in [0.25, 0.3) is 11.1 Å². The molecule has 0 unspecified atom stereocenters. The Morgan fingerprint density at radius 3 is 2.08 bits per heavy atom. The number of benzene rings is 2. The molecule has 134 valence electrons. The zero-order valence-electron chi connectivity index (χ0n) is 15.2. The summed E-state index contributed by atoms with van der Waals surface area (Å²) >= 11 is 0. The molecule has 0 atom stereocenters. The molecular weight excluding hydrogens is 329 g/mol. The summed E-state index contributed by atoms with van der Waals surface area (Å²) in [6.45, 7) is 6.28. The smallest absolute Gasteiger partial charge is 0.0920 e. The summed E-state index contributed by atoms with van der Waals surface area (Å²) in [7, 11) is -1.96. The van der Waals surface area contributed by atoms with E-state index in [1.807, 2.05) is 31.5 Å². The second kappa shape index (κ2) is 7.45. The second-order valence-corrected chi connectivity index (χ2v) is 11.2. The first-order valence-corrected chi connectivity index (χ1v) is 11.8. The monoisotopic (exact) mass is 357 g/mol. The third-order valence-electron chi connectivity index (χ3n) is 5.17. The van der Waals surface area contributed by atoms with Crippen LogP contribution in [-0.4, -0.2) is 49.1 Å². The van der Waals surface area contributed by atoms with Gasteiger partial charge in [0.05, 0.1) is 12.7 Å². The molecule has 0 saturated carbocycles. The number of piperidine rings is 1. The predicted molar refractivity (Wildman–Crippen MR) is 106 cm³/mol. The Hall–Kier alpha value is -1.41. The summed E-state index contributed by atoms with van der Waals surface area (Å²) in [5.74, 6) is 0. The van der Waals surface area contributed by atoms with Gasteiger partial charge in [-0.2, -0.15) is 0 Å². The molecule has 1 fully saturated rings. The van der Waals surface area contributed by atoms with E-state index in [0.29, 0.717) is 0 Å². The standard InChI is InChI=1S/C21H28NO2P/c1-25(2,24)17-16-22-14-12-21(23,13-15-22)20-10-8-19(9-11-20)18-6-4-3-5-7-18/h3-11,23H,12-17H2,1-2H3. The van der Waals surface area contributed by atoms with Gasteiger partial charge < -0.3 is 14.6 Å². The Morgan fingerprint density at radius 2 is 1.52 bits per heavy atom. The molecule has 2 aromatic carbocycles. The van der Waals surface area contributed by atoms with Gasteiger partial charge in [0, 0.05) is 25.8 Å². The van der Waals surface area contributed by atoms with E-state index in [9.17, 15) is 9.67 Å². The van der Waals surface area contributed by atoms with Gasteiger partial charge in [-0.15, -0.1) is 0 Å². The van der Waals surface area contributed by atoms with Crippen molar-refractivity contribution in [1.29, 1.82) is 0 Å². The molecule has 2 aromatic rings. The van der Waals surface area contributed by atoms with E-state index in [2.05, 4.69) is 41.3 Å². The van der Waals surface area contributed by atoms with Crippen LogP contribution in [0.3, 0.4) is 0 Å². The van der Waals surface area contributed by atoms with E-state index in [-0.39, 0.29) is 0 Å². The van der Waals surface area contributed by atoms with E-state index < -0.39 is 12.7 Å². The lowest BCUT2D eigenvalue weighted by Gasteiger charge is -2.38. The van der Waals surface area contributed by atoms with Crippen LogP contribution in [0.15, 0.2) is 54.6 Å². The van der Waals surface area contributed by atoms with E-state index in [0.717, 1.165) is 44.2 Å². The average molecular weight is 357 g/mol. The topological polar surface area (TPSA) is 40.5 Å².